The van der Waals surface area contributed by atoms with Crippen LogP contribution in [0.4, 0.5) is 0 Å². The molecule has 0 radical (unpaired) electrons. The average molecular weight is 1100 g/mol. The van der Waals surface area contributed by atoms with Crippen molar-refractivity contribution >= 4 is 23.9 Å². The maximum absolute atomic E-state index is 13.8. The fourth-order valence-corrected chi connectivity index (χ4v) is 17.9. The quantitative estimate of drug-likeness (QED) is 0.129. The summed E-state index contributed by atoms with van der Waals surface area (Å²) in [6, 6.07) is 17.1. The molecule has 18 heteroatoms. The van der Waals surface area contributed by atoms with Crippen molar-refractivity contribution in [3.05, 3.63) is 94.1 Å². The minimum Gasteiger partial charge on any atom is -0.455 e. The number of benzene rings is 2. The molecule has 2 aromatic rings. The van der Waals surface area contributed by atoms with Crippen LogP contribution in [0.1, 0.15) is 128 Å². The number of rotatable bonds is 6. The van der Waals surface area contributed by atoms with Gasteiger partial charge < -0.3 is 68.5 Å². The number of carbonyl (C=O) groups is 4. The third-order valence-corrected chi connectivity index (χ3v) is 21.8. The molecule has 8 aliphatic carbocycles. The molecule has 2 spiro atoms. The minimum absolute atomic E-state index is 0.0133. The van der Waals surface area contributed by atoms with Crippen LogP contribution in [-0.4, -0.2) is 157 Å². The van der Waals surface area contributed by atoms with Crippen LogP contribution in [0.15, 0.2) is 83.0 Å². The zero-order chi connectivity index (χ0) is 56.7. The van der Waals surface area contributed by atoms with E-state index in [1.54, 1.807) is 75.4 Å². The molecule has 6 N–H and O–H groups in total. The highest BCUT2D eigenvalue weighted by Crippen LogP contribution is 2.78. The SMILES string of the molecule is CC(=O)O[C@@]12CO[C@@H]1C[C@@H]1C[C@@]13[C@@H]1OC(C)(C)O[C@@H]1C1=C(C)[C@@H](O)C[C@@](O)([C@@H](OC(=O)c4ccccc4)[C@H]23)C1(C)C.CC(=O)O[C@@]12CO[C@@H]1C[C@@H]1C[C@@]13[C@H](O)[C@H](O)C1=C(C)[C@@H](O)C[C@@](O)([C@@H](OC(=O)c4ccccc4)[C@H]23)C1(C)C. The molecule has 3 heterocycles. The van der Waals surface area contributed by atoms with Crippen LogP contribution in [0, 0.1) is 45.3 Å². The van der Waals surface area contributed by atoms with Gasteiger partial charge in [0.2, 0.25) is 0 Å². The Balaban J connectivity index is 0.000000158. The van der Waals surface area contributed by atoms with Gasteiger partial charge in [-0.15, -0.1) is 0 Å². The highest BCUT2D eigenvalue weighted by Gasteiger charge is 2.86. The monoisotopic (exact) mass is 1100 g/mol. The molecule has 79 heavy (non-hydrogen) atoms. The molecule has 0 aromatic heterocycles. The standard InChI is InChI=1S/C32H40O9.C29H36O9/c1-16-20(34)14-32(36)26(38-27(35)18-10-8-7-9-11-18)24-30(13-19(30)12-21-31(24,15-37-21)39-17(2)33)25-23(22(16)28(32,3)4)40-29(5,6)41-25;1-14-18(31)12-29(35)24(37-25(34)16-8-6-5-7-9-16)22-27(23(33)21(32)20(14)26(29,3)4)11-17(27)10-19-28(22,13-36-19)38-15(2)30/h7-11,19-21,23-26,34,36H,12-15H2,1-6H3;5-9,17-19,21-24,31-33,35H,10-13H2,1-4H3/t19-,20+,21-,23-,24+,25-,26+,30-,31+,32-;17-,18+,19-,21-,22+,23-,24+,27-,28+,29-/m11/s1. The fourth-order valence-electron chi connectivity index (χ4n) is 17.9. The summed E-state index contributed by atoms with van der Waals surface area (Å²) >= 11 is 0. The third kappa shape index (κ3) is 7.37. The maximum atomic E-state index is 13.8. The minimum atomic E-state index is -1.87. The lowest BCUT2D eigenvalue weighted by Gasteiger charge is -2.65. The topological polar surface area (TPSA) is 263 Å². The van der Waals surface area contributed by atoms with Gasteiger partial charge >= 0.3 is 23.9 Å². The number of aliphatic hydroxyl groups excluding tert-OH is 4. The van der Waals surface area contributed by atoms with Crippen molar-refractivity contribution in [2.24, 2.45) is 45.3 Å². The normalized spacial score (nSPS) is 46.3. The molecule has 3 aliphatic heterocycles. The Morgan fingerprint density at radius 1 is 0.570 bits per heavy atom. The Morgan fingerprint density at radius 2 is 0.987 bits per heavy atom. The van der Waals surface area contributed by atoms with Crippen LogP contribution in [-0.2, 0) is 47.5 Å². The summed E-state index contributed by atoms with van der Waals surface area (Å²) in [5, 5.41) is 71.9. The summed E-state index contributed by atoms with van der Waals surface area (Å²) in [6.45, 7) is 17.4. The Kier molecular flexibility index (Phi) is 12.3. The molecule has 13 rings (SSSR count). The molecular weight excluding hydrogens is 1020 g/mol. The van der Waals surface area contributed by atoms with E-state index in [1.165, 1.54) is 13.8 Å². The number of hydrogen-bond donors (Lipinski definition) is 6. The third-order valence-electron chi connectivity index (χ3n) is 21.8. The molecule has 6 saturated carbocycles. The number of fused-ring (bicyclic) bond motifs is 10. The van der Waals surface area contributed by atoms with Gasteiger partial charge in [-0.25, -0.2) is 9.59 Å². The van der Waals surface area contributed by atoms with Gasteiger partial charge in [0.15, 0.2) is 17.0 Å². The lowest BCUT2D eigenvalue weighted by atomic mass is 9.48. The first-order valence-electron chi connectivity index (χ1n) is 28.1. The van der Waals surface area contributed by atoms with Crippen molar-refractivity contribution < 1.29 is 87.7 Å². The lowest BCUT2D eigenvalue weighted by Crippen LogP contribution is -2.78. The van der Waals surface area contributed by atoms with E-state index in [0.29, 0.717) is 36.0 Å². The summed E-state index contributed by atoms with van der Waals surface area (Å²) in [5.74, 6) is -4.73. The van der Waals surface area contributed by atoms with E-state index in [2.05, 4.69) is 0 Å². The average Bonchev–Trinajstić information content (AvgIpc) is 1.81. The summed E-state index contributed by atoms with van der Waals surface area (Å²) in [5.41, 5.74) is -6.87. The largest absolute Gasteiger partial charge is 0.455 e. The van der Waals surface area contributed by atoms with Crippen molar-refractivity contribution in [2.45, 2.75) is 197 Å². The number of hydrogen-bond acceptors (Lipinski definition) is 18. The van der Waals surface area contributed by atoms with Crippen molar-refractivity contribution in [2.75, 3.05) is 13.2 Å². The lowest BCUT2D eigenvalue weighted by molar-refractivity contribution is -0.335. The van der Waals surface area contributed by atoms with E-state index < -0.39 is 147 Å². The van der Waals surface area contributed by atoms with Crippen LogP contribution in [0.5, 0.6) is 0 Å². The molecule has 4 bridgehead atoms. The number of ether oxygens (including phenoxy) is 8. The van der Waals surface area contributed by atoms with Crippen molar-refractivity contribution in [3.8, 4) is 0 Å². The maximum Gasteiger partial charge on any atom is 0.338 e. The Bertz CT molecular complexity index is 2940. The van der Waals surface area contributed by atoms with E-state index >= 15 is 0 Å². The Labute approximate surface area is 459 Å². The second-order valence-corrected chi connectivity index (χ2v) is 26.6. The second kappa shape index (κ2) is 17.7. The van der Waals surface area contributed by atoms with E-state index in [9.17, 15) is 49.8 Å². The Morgan fingerprint density at radius 3 is 1.43 bits per heavy atom. The molecule has 2 aromatic carbocycles. The van der Waals surface area contributed by atoms with Gasteiger partial charge in [0.25, 0.3) is 0 Å². The van der Waals surface area contributed by atoms with Crippen LogP contribution in [0.3, 0.4) is 0 Å². The van der Waals surface area contributed by atoms with Crippen LogP contribution in [0.25, 0.3) is 0 Å². The predicted molar refractivity (Wildman–Crippen MR) is 277 cm³/mol. The summed E-state index contributed by atoms with van der Waals surface area (Å²) in [6.07, 6.45) is -7.02. The highest BCUT2D eigenvalue weighted by molar-refractivity contribution is 5.90. The van der Waals surface area contributed by atoms with E-state index in [1.807, 2.05) is 40.7 Å². The molecule has 18 nitrogen and oxygen atoms in total. The zero-order valence-electron chi connectivity index (χ0n) is 46.6. The van der Waals surface area contributed by atoms with Gasteiger partial charge in [-0.2, -0.15) is 0 Å². The van der Waals surface area contributed by atoms with Crippen LogP contribution >= 0.6 is 0 Å². The summed E-state index contributed by atoms with van der Waals surface area (Å²) < 4.78 is 50.3. The first-order chi connectivity index (χ1) is 37.0. The summed E-state index contributed by atoms with van der Waals surface area (Å²) in [4.78, 5) is 52.5. The number of esters is 4. The fraction of sp³-hybridized carbons (Fsp3) is 0.672. The van der Waals surface area contributed by atoms with E-state index in [0.717, 1.165) is 17.6 Å². The van der Waals surface area contributed by atoms with Crippen molar-refractivity contribution in [1.82, 2.24) is 0 Å². The molecule has 11 aliphatic rings. The number of aliphatic hydroxyl groups is 6. The molecule has 428 valence electrons. The van der Waals surface area contributed by atoms with E-state index in [-0.39, 0.29) is 43.5 Å². The predicted octanol–water partition coefficient (Wildman–Crippen LogP) is 4.82. The van der Waals surface area contributed by atoms with Crippen molar-refractivity contribution in [1.29, 1.82) is 0 Å². The van der Waals surface area contributed by atoms with Crippen molar-refractivity contribution in [3.63, 3.8) is 0 Å². The van der Waals surface area contributed by atoms with Gasteiger partial charge in [0.1, 0.15) is 47.8 Å². The smallest absolute Gasteiger partial charge is 0.338 e. The number of carbonyl (C=O) groups excluding carboxylic acids is 4. The molecule has 9 fully saturated rings. The van der Waals surface area contributed by atoms with Gasteiger partial charge in [0.05, 0.1) is 60.6 Å². The van der Waals surface area contributed by atoms with Gasteiger partial charge in [0, 0.05) is 48.3 Å². The van der Waals surface area contributed by atoms with Gasteiger partial charge in [-0.1, -0.05) is 64.1 Å². The molecule has 3 saturated heterocycles. The van der Waals surface area contributed by atoms with Gasteiger partial charge in [-0.05, 0) is 112 Å². The van der Waals surface area contributed by atoms with Gasteiger partial charge in [-0.3, -0.25) is 9.59 Å². The van der Waals surface area contributed by atoms with Crippen LogP contribution in [0.2, 0.25) is 0 Å². The summed E-state index contributed by atoms with van der Waals surface area (Å²) in [7, 11) is 0. The highest BCUT2D eigenvalue weighted by atomic mass is 16.8. The first kappa shape index (κ1) is 55.0. The Hall–Kier alpha value is -4.60. The van der Waals surface area contributed by atoms with Crippen LogP contribution < -0.4 is 0 Å². The molecule has 0 unspecified atom stereocenters. The molecule has 0 amide bonds. The molecular formula is C61H76O18. The van der Waals surface area contributed by atoms with E-state index in [4.69, 9.17) is 37.9 Å². The first-order valence-corrected chi connectivity index (χ1v) is 28.1. The molecule has 20 atom stereocenters. The zero-order valence-corrected chi connectivity index (χ0v) is 46.6. The second-order valence-electron chi connectivity index (χ2n) is 26.6.